The third-order valence-electron chi connectivity index (χ3n) is 2.55. The van der Waals surface area contributed by atoms with Crippen LogP contribution < -0.4 is 5.32 Å². The van der Waals surface area contributed by atoms with Crippen molar-refractivity contribution in [3.05, 3.63) is 35.9 Å². The lowest BCUT2D eigenvalue weighted by Crippen LogP contribution is -2.30. The van der Waals surface area contributed by atoms with Crippen molar-refractivity contribution in [1.29, 1.82) is 0 Å². The van der Waals surface area contributed by atoms with E-state index in [0.29, 0.717) is 5.92 Å². The Labute approximate surface area is 97.4 Å². The van der Waals surface area contributed by atoms with Crippen LogP contribution in [0.4, 0.5) is 0 Å². The van der Waals surface area contributed by atoms with Gasteiger partial charge in [-0.2, -0.15) is 0 Å². The minimum atomic E-state index is 0.0144. The van der Waals surface area contributed by atoms with Gasteiger partial charge in [0, 0.05) is 20.3 Å². The number of methoxy groups -OCH3 is 1. The zero-order chi connectivity index (χ0) is 11.8. The van der Waals surface area contributed by atoms with Gasteiger partial charge in [-0.05, 0) is 11.5 Å². The average molecular weight is 223 g/mol. The molecule has 0 fully saturated rings. The number of benzene rings is 1. The van der Waals surface area contributed by atoms with Gasteiger partial charge in [0.05, 0.1) is 12.6 Å². The Morgan fingerprint density at radius 3 is 2.56 bits per heavy atom. The molecule has 2 N–H and O–H groups in total. The molecule has 0 bridgehead atoms. The number of ether oxygens (including phenoxy) is 1. The van der Waals surface area contributed by atoms with Gasteiger partial charge in [-0.3, -0.25) is 0 Å². The Morgan fingerprint density at radius 1 is 1.31 bits per heavy atom. The summed E-state index contributed by atoms with van der Waals surface area (Å²) in [4.78, 5) is 0. The lowest BCUT2D eigenvalue weighted by molar-refractivity contribution is 0.153. The summed E-state index contributed by atoms with van der Waals surface area (Å²) in [6.07, 6.45) is 0. The summed E-state index contributed by atoms with van der Waals surface area (Å²) < 4.78 is 5.07. The molecule has 0 spiro atoms. The van der Waals surface area contributed by atoms with Crippen LogP contribution in [0.3, 0.4) is 0 Å². The van der Waals surface area contributed by atoms with Crippen molar-refractivity contribution in [1.82, 2.24) is 5.32 Å². The molecule has 1 aromatic rings. The first-order chi connectivity index (χ1) is 7.77. The first-order valence-corrected chi connectivity index (χ1v) is 5.66. The number of hydrogen-bond acceptors (Lipinski definition) is 3. The maximum Gasteiger partial charge on any atom is 0.0626 e. The molecule has 0 amide bonds. The van der Waals surface area contributed by atoms with Gasteiger partial charge in [-0.1, -0.05) is 37.3 Å². The summed E-state index contributed by atoms with van der Waals surface area (Å²) in [5.74, 6) is 0.447. The smallest absolute Gasteiger partial charge is 0.0626 e. The Morgan fingerprint density at radius 2 is 2.00 bits per heavy atom. The number of nitrogens with one attached hydrogen (secondary N) is 1. The number of hydrogen-bond donors (Lipinski definition) is 2. The second-order valence-corrected chi connectivity index (χ2v) is 4.11. The van der Waals surface area contributed by atoms with E-state index >= 15 is 0 Å². The van der Waals surface area contributed by atoms with Crippen LogP contribution >= 0.6 is 0 Å². The first kappa shape index (κ1) is 13.2. The van der Waals surface area contributed by atoms with Crippen LogP contribution in [-0.4, -0.2) is 32.0 Å². The molecule has 2 atom stereocenters. The standard InChI is InChI=1S/C13H21NO2/c1-11(10-16-2)8-14-13(9-15)12-6-4-3-5-7-12/h3-7,11,13-15H,8-10H2,1-2H3. The van der Waals surface area contributed by atoms with Crippen molar-refractivity contribution in [3.8, 4) is 0 Å². The second-order valence-electron chi connectivity index (χ2n) is 4.11. The molecule has 90 valence electrons. The van der Waals surface area contributed by atoms with Crippen LogP contribution in [-0.2, 0) is 4.74 Å². The van der Waals surface area contributed by atoms with Crippen LogP contribution in [0.15, 0.2) is 30.3 Å². The molecule has 0 heterocycles. The summed E-state index contributed by atoms with van der Waals surface area (Å²) in [6.45, 7) is 3.81. The monoisotopic (exact) mass is 223 g/mol. The van der Waals surface area contributed by atoms with Crippen LogP contribution in [0, 0.1) is 5.92 Å². The molecule has 0 aliphatic carbocycles. The van der Waals surface area contributed by atoms with Crippen LogP contribution in [0.2, 0.25) is 0 Å². The fourth-order valence-corrected chi connectivity index (χ4v) is 1.66. The molecule has 16 heavy (non-hydrogen) atoms. The van der Waals surface area contributed by atoms with Crippen LogP contribution in [0.1, 0.15) is 18.5 Å². The van der Waals surface area contributed by atoms with Crippen molar-refractivity contribution in [2.24, 2.45) is 5.92 Å². The quantitative estimate of drug-likeness (QED) is 0.737. The van der Waals surface area contributed by atoms with Gasteiger partial charge < -0.3 is 15.2 Å². The van der Waals surface area contributed by atoms with E-state index in [-0.39, 0.29) is 12.6 Å². The molecule has 3 heteroatoms. The Kier molecular flexibility index (Phi) is 6.08. The van der Waals surface area contributed by atoms with Crippen molar-refractivity contribution in [2.75, 3.05) is 26.9 Å². The zero-order valence-corrected chi connectivity index (χ0v) is 10.0. The molecule has 0 aliphatic heterocycles. The molecule has 0 aliphatic rings. The fraction of sp³-hybridized carbons (Fsp3) is 0.538. The van der Waals surface area contributed by atoms with E-state index in [4.69, 9.17) is 4.74 Å². The van der Waals surface area contributed by atoms with Gasteiger partial charge in [0.2, 0.25) is 0 Å². The van der Waals surface area contributed by atoms with Crippen molar-refractivity contribution in [3.63, 3.8) is 0 Å². The van der Waals surface area contributed by atoms with E-state index in [9.17, 15) is 5.11 Å². The summed E-state index contributed by atoms with van der Waals surface area (Å²) in [6, 6.07) is 10.0. The number of rotatable bonds is 7. The van der Waals surface area contributed by atoms with Crippen molar-refractivity contribution >= 4 is 0 Å². The van der Waals surface area contributed by atoms with E-state index in [1.54, 1.807) is 7.11 Å². The third-order valence-corrected chi connectivity index (χ3v) is 2.55. The highest BCUT2D eigenvalue weighted by Gasteiger charge is 2.10. The molecule has 0 aromatic heterocycles. The average Bonchev–Trinajstić information content (AvgIpc) is 2.31. The molecule has 0 saturated heterocycles. The maximum absolute atomic E-state index is 9.33. The maximum atomic E-state index is 9.33. The van der Waals surface area contributed by atoms with Crippen molar-refractivity contribution in [2.45, 2.75) is 13.0 Å². The van der Waals surface area contributed by atoms with Gasteiger partial charge in [-0.15, -0.1) is 0 Å². The Hall–Kier alpha value is -0.900. The van der Waals surface area contributed by atoms with Crippen LogP contribution in [0.25, 0.3) is 0 Å². The molecule has 0 radical (unpaired) electrons. The lowest BCUT2D eigenvalue weighted by Gasteiger charge is -2.19. The van der Waals surface area contributed by atoms with Crippen LogP contribution in [0.5, 0.6) is 0 Å². The van der Waals surface area contributed by atoms with Gasteiger partial charge in [0.25, 0.3) is 0 Å². The second kappa shape index (κ2) is 7.39. The van der Waals surface area contributed by atoms with Gasteiger partial charge >= 0.3 is 0 Å². The molecule has 3 nitrogen and oxygen atoms in total. The highest BCUT2D eigenvalue weighted by Crippen LogP contribution is 2.11. The SMILES string of the molecule is COCC(C)CNC(CO)c1ccccc1. The first-order valence-electron chi connectivity index (χ1n) is 5.66. The minimum Gasteiger partial charge on any atom is -0.394 e. The largest absolute Gasteiger partial charge is 0.394 e. The van der Waals surface area contributed by atoms with E-state index < -0.39 is 0 Å². The highest BCUT2D eigenvalue weighted by atomic mass is 16.5. The van der Waals surface area contributed by atoms with E-state index in [1.165, 1.54) is 0 Å². The molecule has 1 aromatic carbocycles. The highest BCUT2D eigenvalue weighted by molar-refractivity contribution is 5.18. The van der Waals surface area contributed by atoms with Gasteiger partial charge in [0.15, 0.2) is 0 Å². The van der Waals surface area contributed by atoms with Gasteiger partial charge in [0.1, 0.15) is 0 Å². The fourth-order valence-electron chi connectivity index (χ4n) is 1.66. The normalized spacial score (nSPS) is 14.7. The lowest BCUT2D eigenvalue weighted by atomic mass is 10.1. The molecular weight excluding hydrogens is 202 g/mol. The summed E-state index contributed by atoms with van der Waals surface area (Å²) in [7, 11) is 1.71. The molecule has 0 saturated carbocycles. The Balaban J connectivity index is 2.44. The molecule has 2 unspecified atom stereocenters. The zero-order valence-electron chi connectivity index (χ0n) is 10.0. The predicted molar refractivity (Wildman–Crippen MR) is 65.3 cm³/mol. The number of aliphatic hydroxyl groups excluding tert-OH is 1. The van der Waals surface area contributed by atoms with E-state index in [1.807, 2.05) is 30.3 Å². The van der Waals surface area contributed by atoms with E-state index in [2.05, 4.69) is 12.2 Å². The minimum absolute atomic E-state index is 0.0144. The molecular formula is C13H21NO2. The number of aliphatic hydroxyl groups is 1. The van der Waals surface area contributed by atoms with Crippen molar-refractivity contribution < 1.29 is 9.84 Å². The third kappa shape index (κ3) is 4.31. The van der Waals surface area contributed by atoms with Gasteiger partial charge in [-0.25, -0.2) is 0 Å². The molecule has 1 rings (SSSR count). The summed E-state index contributed by atoms with van der Waals surface area (Å²) >= 11 is 0. The summed E-state index contributed by atoms with van der Waals surface area (Å²) in [5.41, 5.74) is 1.12. The Bertz CT molecular complexity index is 277. The predicted octanol–water partition coefficient (Wildman–Crippen LogP) is 1.59. The summed E-state index contributed by atoms with van der Waals surface area (Å²) in [5, 5.41) is 12.7. The van der Waals surface area contributed by atoms with E-state index in [0.717, 1.165) is 18.7 Å². The topological polar surface area (TPSA) is 41.5 Å².